The standard InChI is InChI=1S/C13H26N2O2/c1-11(2)12(10-16)14-9-13(17)15-7-5-3-4-6-8-15/h11-12,14,16H,3-10H2,1-2H3/t12-/m1/s1. The van der Waals surface area contributed by atoms with Crippen LogP contribution in [0.3, 0.4) is 0 Å². The molecule has 100 valence electrons. The summed E-state index contributed by atoms with van der Waals surface area (Å²) in [4.78, 5) is 13.9. The van der Waals surface area contributed by atoms with Gasteiger partial charge in [-0.3, -0.25) is 4.79 Å². The van der Waals surface area contributed by atoms with E-state index in [0.717, 1.165) is 25.9 Å². The van der Waals surface area contributed by atoms with E-state index in [1.54, 1.807) is 0 Å². The monoisotopic (exact) mass is 242 g/mol. The third kappa shape index (κ3) is 5.04. The van der Waals surface area contributed by atoms with E-state index in [4.69, 9.17) is 0 Å². The minimum absolute atomic E-state index is 0.0194. The third-order valence-corrected chi connectivity index (χ3v) is 3.48. The molecule has 1 aliphatic rings. The zero-order valence-electron chi connectivity index (χ0n) is 11.1. The number of hydrogen-bond donors (Lipinski definition) is 2. The van der Waals surface area contributed by atoms with Gasteiger partial charge >= 0.3 is 0 Å². The third-order valence-electron chi connectivity index (χ3n) is 3.48. The molecule has 1 atom stereocenters. The Morgan fingerprint density at radius 3 is 2.29 bits per heavy atom. The van der Waals surface area contributed by atoms with Gasteiger partial charge in [0.2, 0.25) is 5.91 Å². The first-order valence-corrected chi connectivity index (χ1v) is 6.77. The number of nitrogens with one attached hydrogen (secondary N) is 1. The SMILES string of the molecule is CC(C)[C@@H](CO)NCC(=O)N1CCCCCC1. The van der Waals surface area contributed by atoms with Crippen LogP contribution in [0.5, 0.6) is 0 Å². The summed E-state index contributed by atoms with van der Waals surface area (Å²) < 4.78 is 0. The van der Waals surface area contributed by atoms with Crippen LogP contribution < -0.4 is 5.32 Å². The van der Waals surface area contributed by atoms with Crippen LogP contribution >= 0.6 is 0 Å². The van der Waals surface area contributed by atoms with Crippen molar-refractivity contribution < 1.29 is 9.90 Å². The first-order valence-electron chi connectivity index (χ1n) is 6.77. The molecule has 2 N–H and O–H groups in total. The fourth-order valence-electron chi connectivity index (χ4n) is 2.16. The van der Waals surface area contributed by atoms with Gasteiger partial charge in [-0.1, -0.05) is 26.7 Å². The Morgan fingerprint density at radius 2 is 1.82 bits per heavy atom. The molecular formula is C13H26N2O2. The minimum Gasteiger partial charge on any atom is -0.395 e. The number of amides is 1. The van der Waals surface area contributed by atoms with E-state index in [1.165, 1.54) is 12.8 Å². The van der Waals surface area contributed by atoms with Crippen molar-refractivity contribution in [3.8, 4) is 0 Å². The van der Waals surface area contributed by atoms with Gasteiger partial charge in [0.05, 0.1) is 13.2 Å². The highest BCUT2D eigenvalue weighted by Gasteiger charge is 2.17. The highest BCUT2D eigenvalue weighted by molar-refractivity contribution is 5.78. The van der Waals surface area contributed by atoms with Crippen molar-refractivity contribution in [2.24, 2.45) is 5.92 Å². The molecule has 1 fully saturated rings. The van der Waals surface area contributed by atoms with Gasteiger partial charge in [0, 0.05) is 19.1 Å². The van der Waals surface area contributed by atoms with Crippen molar-refractivity contribution in [2.75, 3.05) is 26.2 Å². The highest BCUT2D eigenvalue weighted by atomic mass is 16.3. The average Bonchev–Trinajstić information content (AvgIpc) is 2.57. The molecule has 4 heteroatoms. The Balaban J connectivity index is 2.32. The van der Waals surface area contributed by atoms with Gasteiger partial charge in [0.15, 0.2) is 0 Å². The number of nitrogens with zero attached hydrogens (tertiary/aromatic N) is 1. The molecule has 0 bridgehead atoms. The smallest absolute Gasteiger partial charge is 0.236 e. The van der Waals surface area contributed by atoms with Crippen molar-refractivity contribution in [1.82, 2.24) is 10.2 Å². The summed E-state index contributed by atoms with van der Waals surface area (Å²) in [7, 11) is 0. The molecule has 0 aromatic carbocycles. The summed E-state index contributed by atoms with van der Waals surface area (Å²) >= 11 is 0. The lowest BCUT2D eigenvalue weighted by Gasteiger charge is -2.24. The number of hydrogen-bond acceptors (Lipinski definition) is 3. The molecule has 0 saturated carbocycles. The Morgan fingerprint density at radius 1 is 1.24 bits per heavy atom. The van der Waals surface area contributed by atoms with Crippen LogP contribution in [0, 0.1) is 5.92 Å². The van der Waals surface area contributed by atoms with E-state index in [2.05, 4.69) is 5.32 Å². The Hall–Kier alpha value is -0.610. The molecule has 0 aliphatic carbocycles. The Kier molecular flexibility index (Phi) is 6.52. The highest BCUT2D eigenvalue weighted by Crippen LogP contribution is 2.09. The van der Waals surface area contributed by atoms with Gasteiger partial charge in [-0.05, 0) is 18.8 Å². The maximum Gasteiger partial charge on any atom is 0.236 e. The number of carbonyl (C=O) groups is 1. The molecule has 1 aliphatic heterocycles. The lowest BCUT2D eigenvalue weighted by Crippen LogP contribution is -2.45. The quantitative estimate of drug-likeness (QED) is 0.756. The molecule has 1 saturated heterocycles. The van der Waals surface area contributed by atoms with Crippen LogP contribution in [0.1, 0.15) is 39.5 Å². The fraction of sp³-hybridized carbons (Fsp3) is 0.923. The molecular weight excluding hydrogens is 216 g/mol. The number of likely N-dealkylation sites (tertiary alicyclic amines) is 1. The molecule has 1 heterocycles. The van der Waals surface area contributed by atoms with Crippen molar-refractivity contribution >= 4 is 5.91 Å². The molecule has 0 aromatic heterocycles. The largest absolute Gasteiger partial charge is 0.395 e. The first kappa shape index (κ1) is 14.5. The number of aliphatic hydroxyl groups excluding tert-OH is 1. The molecule has 1 rings (SSSR count). The topological polar surface area (TPSA) is 52.6 Å². The predicted molar refractivity (Wildman–Crippen MR) is 68.8 cm³/mol. The lowest BCUT2D eigenvalue weighted by atomic mass is 10.1. The predicted octanol–water partition coefficient (Wildman–Crippen LogP) is 0.995. The summed E-state index contributed by atoms with van der Waals surface area (Å²) in [6.45, 7) is 6.32. The molecule has 1 amide bonds. The van der Waals surface area contributed by atoms with Gasteiger partial charge in [-0.2, -0.15) is 0 Å². The van der Waals surface area contributed by atoms with Gasteiger partial charge in [-0.15, -0.1) is 0 Å². The molecule has 0 spiro atoms. The van der Waals surface area contributed by atoms with Crippen LogP contribution in [0.25, 0.3) is 0 Å². The Bertz CT molecular complexity index is 223. The fourth-order valence-corrected chi connectivity index (χ4v) is 2.16. The summed E-state index contributed by atoms with van der Waals surface area (Å²) in [6, 6.07) is 0.0194. The Labute approximate surface area is 104 Å². The van der Waals surface area contributed by atoms with E-state index in [1.807, 2.05) is 18.7 Å². The van der Waals surface area contributed by atoms with Crippen LogP contribution in [0.15, 0.2) is 0 Å². The first-order chi connectivity index (χ1) is 8.15. The van der Waals surface area contributed by atoms with E-state index < -0.39 is 0 Å². The summed E-state index contributed by atoms with van der Waals surface area (Å²) in [6.07, 6.45) is 4.73. The van der Waals surface area contributed by atoms with Crippen molar-refractivity contribution in [3.05, 3.63) is 0 Å². The minimum atomic E-state index is 0.0194. The zero-order valence-corrected chi connectivity index (χ0v) is 11.1. The summed E-state index contributed by atoms with van der Waals surface area (Å²) in [5.41, 5.74) is 0. The van der Waals surface area contributed by atoms with Crippen LogP contribution in [-0.2, 0) is 4.79 Å². The van der Waals surface area contributed by atoms with Crippen molar-refractivity contribution in [2.45, 2.75) is 45.6 Å². The second-order valence-corrected chi connectivity index (χ2v) is 5.21. The second kappa shape index (κ2) is 7.67. The van der Waals surface area contributed by atoms with Crippen LogP contribution in [-0.4, -0.2) is 48.2 Å². The molecule has 0 unspecified atom stereocenters. The normalized spacial score (nSPS) is 19.2. The maximum atomic E-state index is 12.0. The average molecular weight is 242 g/mol. The molecule has 0 radical (unpaired) electrons. The van der Waals surface area contributed by atoms with E-state index in [0.29, 0.717) is 12.5 Å². The second-order valence-electron chi connectivity index (χ2n) is 5.21. The maximum absolute atomic E-state index is 12.0. The molecule has 4 nitrogen and oxygen atoms in total. The van der Waals surface area contributed by atoms with Crippen molar-refractivity contribution in [1.29, 1.82) is 0 Å². The summed E-state index contributed by atoms with van der Waals surface area (Å²) in [5, 5.41) is 12.3. The van der Waals surface area contributed by atoms with Gasteiger partial charge in [0.25, 0.3) is 0 Å². The van der Waals surface area contributed by atoms with Gasteiger partial charge < -0.3 is 15.3 Å². The number of carbonyl (C=O) groups excluding carboxylic acids is 1. The van der Waals surface area contributed by atoms with E-state index >= 15 is 0 Å². The summed E-state index contributed by atoms with van der Waals surface area (Å²) in [5.74, 6) is 0.517. The molecule has 0 aromatic rings. The molecule has 17 heavy (non-hydrogen) atoms. The van der Waals surface area contributed by atoms with Gasteiger partial charge in [0.1, 0.15) is 0 Å². The zero-order chi connectivity index (χ0) is 12.7. The lowest BCUT2D eigenvalue weighted by molar-refractivity contribution is -0.130. The number of aliphatic hydroxyl groups is 1. The van der Waals surface area contributed by atoms with Crippen LogP contribution in [0.2, 0.25) is 0 Å². The van der Waals surface area contributed by atoms with Gasteiger partial charge in [-0.25, -0.2) is 0 Å². The van der Waals surface area contributed by atoms with Crippen LogP contribution in [0.4, 0.5) is 0 Å². The van der Waals surface area contributed by atoms with Crippen molar-refractivity contribution in [3.63, 3.8) is 0 Å². The number of rotatable bonds is 5. The van der Waals surface area contributed by atoms with E-state index in [-0.39, 0.29) is 18.6 Å². The van der Waals surface area contributed by atoms with E-state index in [9.17, 15) is 9.90 Å².